The van der Waals surface area contributed by atoms with Crippen molar-refractivity contribution in [3.63, 3.8) is 0 Å². The topological polar surface area (TPSA) is 91.0 Å². The predicted octanol–water partition coefficient (Wildman–Crippen LogP) is 4.30. The Labute approximate surface area is 213 Å². The lowest BCUT2D eigenvalue weighted by atomic mass is 9.93. The highest BCUT2D eigenvalue weighted by molar-refractivity contribution is 6.30. The molecule has 2 aliphatic heterocycles. The number of amides is 4. The van der Waals surface area contributed by atoms with Crippen LogP contribution in [0.25, 0.3) is 0 Å². The highest BCUT2D eigenvalue weighted by Crippen LogP contribution is 2.26. The lowest BCUT2D eigenvalue weighted by Crippen LogP contribution is -2.52. The van der Waals surface area contributed by atoms with Crippen molar-refractivity contribution in [3.05, 3.63) is 88.9 Å². The molecule has 36 heavy (non-hydrogen) atoms. The molecule has 0 spiro atoms. The van der Waals surface area contributed by atoms with E-state index in [1.54, 1.807) is 58.3 Å². The van der Waals surface area contributed by atoms with E-state index in [-0.39, 0.29) is 24.5 Å². The molecule has 0 aromatic heterocycles. The zero-order valence-electron chi connectivity index (χ0n) is 19.4. The first-order valence-electron chi connectivity index (χ1n) is 11.7. The fourth-order valence-electron chi connectivity index (χ4n) is 4.44. The summed E-state index contributed by atoms with van der Waals surface area (Å²) in [4.78, 5) is 41.9. The number of hydrogen-bond acceptors (Lipinski definition) is 4. The van der Waals surface area contributed by atoms with Gasteiger partial charge in [0.05, 0.1) is 6.61 Å². The van der Waals surface area contributed by atoms with Gasteiger partial charge >= 0.3 is 6.03 Å². The van der Waals surface area contributed by atoms with Gasteiger partial charge in [-0.05, 0) is 59.7 Å². The summed E-state index contributed by atoms with van der Waals surface area (Å²) >= 11 is 5.95. The highest BCUT2D eigenvalue weighted by atomic mass is 35.5. The molecule has 0 aliphatic carbocycles. The largest absolute Gasteiger partial charge is 0.370 e. The van der Waals surface area contributed by atoms with Gasteiger partial charge in [0.2, 0.25) is 5.91 Å². The summed E-state index contributed by atoms with van der Waals surface area (Å²) in [5, 5.41) is 6.37. The van der Waals surface area contributed by atoms with E-state index in [2.05, 4.69) is 10.6 Å². The predicted molar refractivity (Wildman–Crippen MR) is 138 cm³/mol. The second-order valence-electron chi connectivity index (χ2n) is 8.69. The van der Waals surface area contributed by atoms with Gasteiger partial charge in [-0.15, -0.1) is 0 Å². The first-order chi connectivity index (χ1) is 17.5. The molecule has 8 nitrogen and oxygen atoms in total. The minimum atomic E-state index is -0.701. The molecule has 2 N–H and O–H groups in total. The Morgan fingerprint density at radius 1 is 0.889 bits per heavy atom. The van der Waals surface area contributed by atoms with Gasteiger partial charge in [-0.2, -0.15) is 0 Å². The highest BCUT2D eigenvalue weighted by Gasteiger charge is 2.35. The van der Waals surface area contributed by atoms with Crippen LogP contribution in [0.3, 0.4) is 0 Å². The maximum atomic E-state index is 13.4. The Bertz CT molecular complexity index is 1280. The maximum absolute atomic E-state index is 13.4. The fraction of sp³-hybridized carbons (Fsp3) is 0.222. The summed E-state index contributed by atoms with van der Waals surface area (Å²) in [6.45, 7) is 1.35. The summed E-state index contributed by atoms with van der Waals surface area (Å²) in [5.41, 5.74) is 3.97. The first kappa shape index (κ1) is 23.8. The fourth-order valence-corrected chi connectivity index (χ4v) is 4.57. The molecule has 0 radical (unpaired) electrons. The summed E-state index contributed by atoms with van der Waals surface area (Å²) < 4.78 is 5.18. The minimum Gasteiger partial charge on any atom is -0.370 e. The molecule has 0 saturated carbocycles. The number of nitrogens with one attached hydrogen (secondary N) is 2. The third-order valence-electron chi connectivity index (χ3n) is 6.34. The van der Waals surface area contributed by atoms with Gasteiger partial charge in [-0.3, -0.25) is 9.59 Å². The molecule has 4 amide bonds. The lowest BCUT2D eigenvalue weighted by molar-refractivity contribution is -0.125. The van der Waals surface area contributed by atoms with Crippen molar-refractivity contribution >= 4 is 46.5 Å². The quantitative estimate of drug-likeness (QED) is 0.554. The van der Waals surface area contributed by atoms with Gasteiger partial charge in [0.25, 0.3) is 5.91 Å². The molecule has 2 aliphatic rings. The lowest BCUT2D eigenvalue weighted by Gasteiger charge is -2.36. The van der Waals surface area contributed by atoms with E-state index in [9.17, 15) is 14.4 Å². The SMILES string of the molecule is O=C(Nc1ccc(N2CCOCC2=O)cc1)C1Cc2ccccc2CN1C(=O)Nc1ccc(Cl)cc1. The molecule has 9 heteroatoms. The summed E-state index contributed by atoms with van der Waals surface area (Å²) in [6, 6.07) is 20.7. The minimum absolute atomic E-state index is 0.0650. The van der Waals surface area contributed by atoms with Crippen molar-refractivity contribution in [2.24, 2.45) is 0 Å². The Morgan fingerprint density at radius 3 is 2.28 bits per heavy atom. The van der Waals surface area contributed by atoms with Crippen LogP contribution in [-0.4, -0.2) is 48.5 Å². The van der Waals surface area contributed by atoms with Crippen molar-refractivity contribution in [1.82, 2.24) is 4.90 Å². The zero-order valence-corrected chi connectivity index (χ0v) is 20.2. The Balaban J connectivity index is 1.33. The second-order valence-corrected chi connectivity index (χ2v) is 9.12. The van der Waals surface area contributed by atoms with Gasteiger partial charge in [-0.25, -0.2) is 4.79 Å². The molecule has 3 aromatic rings. The van der Waals surface area contributed by atoms with Crippen LogP contribution in [-0.2, 0) is 27.3 Å². The first-order valence-corrected chi connectivity index (χ1v) is 12.0. The zero-order chi connectivity index (χ0) is 25.1. The van der Waals surface area contributed by atoms with Crippen molar-refractivity contribution < 1.29 is 19.1 Å². The van der Waals surface area contributed by atoms with Gasteiger partial charge in [0.15, 0.2) is 0 Å². The summed E-state index contributed by atoms with van der Waals surface area (Å²) in [5.74, 6) is -0.382. The van der Waals surface area contributed by atoms with E-state index in [1.807, 2.05) is 24.3 Å². The van der Waals surface area contributed by atoms with Crippen LogP contribution in [0.2, 0.25) is 5.02 Å². The third kappa shape index (κ3) is 5.19. The number of benzene rings is 3. The van der Waals surface area contributed by atoms with Crippen LogP contribution in [0.4, 0.5) is 21.9 Å². The molecule has 184 valence electrons. The van der Waals surface area contributed by atoms with Crippen molar-refractivity contribution in [2.45, 2.75) is 19.0 Å². The van der Waals surface area contributed by atoms with Gasteiger partial charge in [0.1, 0.15) is 12.6 Å². The number of hydrogen-bond donors (Lipinski definition) is 2. The molecule has 3 aromatic carbocycles. The summed E-state index contributed by atoms with van der Waals surface area (Å²) in [6.07, 6.45) is 0.399. The number of urea groups is 1. The normalized spacial score (nSPS) is 17.4. The molecule has 1 fully saturated rings. The molecule has 1 saturated heterocycles. The second kappa shape index (κ2) is 10.4. The number of ether oxygens (including phenoxy) is 1. The van der Waals surface area contributed by atoms with Crippen molar-refractivity contribution in [3.8, 4) is 0 Å². The van der Waals surface area contributed by atoms with Gasteiger partial charge in [-0.1, -0.05) is 35.9 Å². The Kier molecular flexibility index (Phi) is 6.88. The van der Waals surface area contributed by atoms with Crippen LogP contribution in [0, 0.1) is 0 Å². The van der Waals surface area contributed by atoms with Crippen molar-refractivity contribution in [2.75, 3.05) is 35.3 Å². The number of carbonyl (C=O) groups excluding carboxylic acids is 3. The average Bonchev–Trinajstić information content (AvgIpc) is 2.90. The molecule has 0 bridgehead atoms. The number of rotatable bonds is 4. The van der Waals surface area contributed by atoms with Crippen LogP contribution < -0.4 is 15.5 Å². The van der Waals surface area contributed by atoms with E-state index in [1.165, 1.54) is 0 Å². The Hall–Kier alpha value is -3.88. The number of nitrogens with zero attached hydrogens (tertiary/aromatic N) is 2. The molecule has 5 rings (SSSR count). The number of halogens is 1. The van der Waals surface area contributed by atoms with E-state index in [0.717, 1.165) is 16.8 Å². The van der Waals surface area contributed by atoms with E-state index in [4.69, 9.17) is 16.3 Å². The van der Waals surface area contributed by atoms with Crippen molar-refractivity contribution in [1.29, 1.82) is 0 Å². The van der Waals surface area contributed by atoms with Gasteiger partial charge in [0, 0.05) is 41.6 Å². The molecule has 1 atom stereocenters. The van der Waals surface area contributed by atoms with Crippen LogP contribution >= 0.6 is 11.6 Å². The number of fused-ring (bicyclic) bond motifs is 1. The third-order valence-corrected chi connectivity index (χ3v) is 6.59. The van der Waals surface area contributed by atoms with Crippen LogP contribution in [0.1, 0.15) is 11.1 Å². The van der Waals surface area contributed by atoms with Gasteiger partial charge < -0.3 is 25.2 Å². The Morgan fingerprint density at radius 2 is 1.56 bits per heavy atom. The molecular weight excluding hydrogens is 480 g/mol. The van der Waals surface area contributed by atoms with Crippen LogP contribution in [0.5, 0.6) is 0 Å². The average molecular weight is 505 g/mol. The monoisotopic (exact) mass is 504 g/mol. The molecule has 2 heterocycles. The molecular formula is C27H25ClN4O4. The smallest absolute Gasteiger partial charge is 0.322 e. The number of carbonyl (C=O) groups is 3. The molecule has 1 unspecified atom stereocenters. The van der Waals surface area contributed by atoms with E-state index in [0.29, 0.717) is 42.5 Å². The number of anilines is 3. The maximum Gasteiger partial charge on any atom is 0.322 e. The van der Waals surface area contributed by atoms with Crippen LogP contribution in [0.15, 0.2) is 72.8 Å². The standard InChI is InChI=1S/C27H25ClN4O4/c28-20-5-7-22(8-6-20)30-27(35)32-16-19-4-2-1-3-18(19)15-24(32)26(34)29-21-9-11-23(12-10-21)31-13-14-36-17-25(31)33/h1-12,24H,13-17H2,(H,29,34)(H,30,35). The summed E-state index contributed by atoms with van der Waals surface area (Å²) in [7, 11) is 0. The van der Waals surface area contributed by atoms with E-state index < -0.39 is 6.04 Å². The number of morpholine rings is 1. The van der Waals surface area contributed by atoms with E-state index >= 15 is 0 Å².